The van der Waals surface area contributed by atoms with Gasteiger partial charge in [0.25, 0.3) is 11.8 Å². The lowest BCUT2D eigenvalue weighted by Gasteiger charge is -2.07. The summed E-state index contributed by atoms with van der Waals surface area (Å²) in [6.45, 7) is 0.438. The fourth-order valence-electron chi connectivity index (χ4n) is 3.18. The van der Waals surface area contributed by atoms with Crippen LogP contribution in [0, 0.1) is 0 Å². The quantitative estimate of drug-likeness (QED) is 0.550. The van der Waals surface area contributed by atoms with Gasteiger partial charge in [-0.3, -0.25) is 9.59 Å². The number of rotatable bonds is 5. The molecule has 2 aromatic heterocycles. The van der Waals surface area contributed by atoms with Crippen molar-refractivity contribution in [3.05, 3.63) is 95.8 Å². The molecular formula is C23H20N4O2. The molecule has 29 heavy (non-hydrogen) atoms. The lowest BCUT2D eigenvalue weighted by molar-refractivity contribution is 0.0951. The van der Waals surface area contributed by atoms with Crippen molar-refractivity contribution in [2.75, 3.05) is 5.32 Å². The second kappa shape index (κ2) is 7.98. The maximum atomic E-state index is 12.8. The van der Waals surface area contributed by atoms with Crippen molar-refractivity contribution in [2.24, 2.45) is 7.05 Å². The molecule has 0 saturated carbocycles. The van der Waals surface area contributed by atoms with Crippen molar-refractivity contribution in [3.8, 4) is 0 Å². The van der Waals surface area contributed by atoms with E-state index in [1.54, 1.807) is 35.2 Å². The largest absolute Gasteiger partial charge is 0.348 e. The molecule has 4 aromatic rings. The van der Waals surface area contributed by atoms with Gasteiger partial charge in [-0.25, -0.2) is 4.98 Å². The number of pyridine rings is 1. The molecule has 6 heteroatoms. The number of benzene rings is 2. The highest BCUT2D eigenvalue weighted by Crippen LogP contribution is 2.23. The number of amides is 2. The average Bonchev–Trinajstić information content (AvgIpc) is 3.09. The van der Waals surface area contributed by atoms with Crippen LogP contribution in [-0.4, -0.2) is 21.4 Å². The molecule has 0 spiro atoms. The van der Waals surface area contributed by atoms with Crippen LogP contribution in [0.3, 0.4) is 0 Å². The highest BCUT2D eigenvalue weighted by molar-refractivity contribution is 6.08. The normalized spacial score (nSPS) is 10.7. The number of aryl methyl sites for hydroxylation is 1. The number of anilines is 1. The second-order valence-corrected chi connectivity index (χ2v) is 6.74. The van der Waals surface area contributed by atoms with E-state index in [0.29, 0.717) is 34.4 Å². The first-order valence-corrected chi connectivity index (χ1v) is 9.25. The van der Waals surface area contributed by atoms with E-state index in [1.807, 2.05) is 55.6 Å². The summed E-state index contributed by atoms with van der Waals surface area (Å²) in [5, 5.41) is 6.46. The minimum absolute atomic E-state index is 0.187. The Morgan fingerprint density at radius 2 is 1.66 bits per heavy atom. The monoisotopic (exact) mass is 384 g/mol. The molecule has 6 nitrogen and oxygen atoms in total. The third kappa shape index (κ3) is 4.01. The molecule has 0 bridgehead atoms. The van der Waals surface area contributed by atoms with Gasteiger partial charge in [0.1, 0.15) is 5.65 Å². The predicted molar refractivity (Wildman–Crippen MR) is 113 cm³/mol. The molecule has 2 amide bonds. The summed E-state index contributed by atoms with van der Waals surface area (Å²) in [7, 11) is 1.84. The van der Waals surface area contributed by atoms with E-state index in [4.69, 9.17) is 0 Å². The van der Waals surface area contributed by atoms with Gasteiger partial charge in [0, 0.05) is 30.7 Å². The number of carbonyl (C=O) groups excluding carboxylic acids is 2. The van der Waals surface area contributed by atoms with E-state index in [1.165, 1.54) is 0 Å². The van der Waals surface area contributed by atoms with Gasteiger partial charge in [-0.1, -0.05) is 48.5 Å². The molecule has 2 aromatic carbocycles. The van der Waals surface area contributed by atoms with Gasteiger partial charge >= 0.3 is 0 Å². The number of hydrogen-bond acceptors (Lipinski definition) is 3. The summed E-state index contributed by atoms with van der Waals surface area (Å²) >= 11 is 0. The van der Waals surface area contributed by atoms with Crippen molar-refractivity contribution in [1.29, 1.82) is 0 Å². The van der Waals surface area contributed by atoms with Gasteiger partial charge in [0.2, 0.25) is 0 Å². The zero-order chi connectivity index (χ0) is 20.2. The summed E-state index contributed by atoms with van der Waals surface area (Å²) in [6.07, 6.45) is 3.34. The number of nitrogens with one attached hydrogen (secondary N) is 2. The molecule has 0 aliphatic carbocycles. The van der Waals surface area contributed by atoms with Crippen molar-refractivity contribution in [1.82, 2.24) is 14.9 Å². The number of hydrogen-bond donors (Lipinski definition) is 2. The number of carbonyl (C=O) groups is 2. The Morgan fingerprint density at radius 1 is 0.966 bits per heavy atom. The smallest absolute Gasteiger partial charge is 0.255 e. The van der Waals surface area contributed by atoms with Crippen LogP contribution in [0.2, 0.25) is 0 Å². The number of fused-ring (bicyclic) bond motifs is 1. The maximum absolute atomic E-state index is 12.8. The number of nitrogens with zero attached hydrogens (tertiary/aromatic N) is 2. The summed E-state index contributed by atoms with van der Waals surface area (Å²) in [6, 6.07) is 20.5. The Bertz CT molecular complexity index is 1170. The van der Waals surface area contributed by atoms with E-state index in [0.717, 1.165) is 5.56 Å². The topological polar surface area (TPSA) is 76.0 Å². The molecule has 0 aliphatic rings. The lowest BCUT2D eigenvalue weighted by Crippen LogP contribution is -2.22. The molecule has 2 N–H and O–H groups in total. The van der Waals surface area contributed by atoms with E-state index in [9.17, 15) is 9.59 Å². The second-order valence-electron chi connectivity index (χ2n) is 6.74. The van der Waals surface area contributed by atoms with Crippen LogP contribution in [-0.2, 0) is 13.6 Å². The van der Waals surface area contributed by atoms with Crippen LogP contribution in [0.25, 0.3) is 11.0 Å². The minimum atomic E-state index is -0.224. The van der Waals surface area contributed by atoms with Gasteiger partial charge in [-0.05, 0) is 23.8 Å². The van der Waals surface area contributed by atoms with Gasteiger partial charge in [-0.15, -0.1) is 0 Å². The van der Waals surface area contributed by atoms with E-state index < -0.39 is 0 Å². The predicted octanol–water partition coefficient (Wildman–Crippen LogP) is 3.76. The summed E-state index contributed by atoms with van der Waals surface area (Å²) < 4.78 is 1.80. The van der Waals surface area contributed by atoms with Crippen molar-refractivity contribution in [3.63, 3.8) is 0 Å². The Labute approximate surface area is 168 Å². The SMILES string of the molecule is Cn1cc(C(=O)NCc2ccccc2)c2cc(NC(=O)c3ccccc3)cnc21. The van der Waals surface area contributed by atoms with Crippen LogP contribution in [0.1, 0.15) is 26.3 Å². The summed E-state index contributed by atoms with van der Waals surface area (Å²) in [5.74, 6) is -0.412. The third-order valence-corrected chi connectivity index (χ3v) is 4.65. The van der Waals surface area contributed by atoms with Crippen LogP contribution < -0.4 is 10.6 Å². The Balaban J connectivity index is 1.57. The third-order valence-electron chi connectivity index (χ3n) is 4.65. The fourth-order valence-corrected chi connectivity index (χ4v) is 3.18. The molecule has 0 atom stereocenters. The van der Waals surface area contributed by atoms with Gasteiger partial charge < -0.3 is 15.2 Å². The molecule has 144 valence electrons. The first-order valence-electron chi connectivity index (χ1n) is 9.25. The molecular weight excluding hydrogens is 364 g/mol. The van der Waals surface area contributed by atoms with Crippen LogP contribution in [0.5, 0.6) is 0 Å². The average molecular weight is 384 g/mol. The molecule has 2 heterocycles. The van der Waals surface area contributed by atoms with E-state index >= 15 is 0 Å². The molecule has 0 radical (unpaired) electrons. The zero-order valence-corrected chi connectivity index (χ0v) is 15.9. The van der Waals surface area contributed by atoms with Gasteiger partial charge in [0.15, 0.2) is 0 Å². The van der Waals surface area contributed by atoms with Crippen molar-refractivity contribution in [2.45, 2.75) is 6.54 Å². The number of aromatic nitrogens is 2. The Morgan fingerprint density at radius 3 is 2.38 bits per heavy atom. The van der Waals surface area contributed by atoms with Crippen molar-refractivity contribution >= 4 is 28.5 Å². The molecule has 4 rings (SSSR count). The molecule has 0 saturated heterocycles. The standard InChI is InChI=1S/C23H20N4O2/c1-27-15-20(23(29)25-13-16-8-4-2-5-9-16)19-12-18(14-24-21(19)27)26-22(28)17-10-6-3-7-11-17/h2-12,14-15H,13H2,1H3,(H,25,29)(H,26,28). The summed E-state index contributed by atoms with van der Waals surface area (Å²) in [4.78, 5) is 29.6. The molecule has 0 unspecified atom stereocenters. The Hall–Kier alpha value is -3.93. The highest BCUT2D eigenvalue weighted by Gasteiger charge is 2.16. The van der Waals surface area contributed by atoms with Crippen LogP contribution in [0.4, 0.5) is 5.69 Å². The first-order chi connectivity index (χ1) is 14.1. The Kier molecular flexibility index (Phi) is 5.07. The van der Waals surface area contributed by atoms with Crippen LogP contribution in [0.15, 0.2) is 79.1 Å². The van der Waals surface area contributed by atoms with Crippen LogP contribution >= 0.6 is 0 Å². The summed E-state index contributed by atoms with van der Waals surface area (Å²) in [5.41, 5.74) is 3.31. The lowest BCUT2D eigenvalue weighted by atomic mass is 10.1. The van der Waals surface area contributed by atoms with E-state index in [-0.39, 0.29) is 11.8 Å². The van der Waals surface area contributed by atoms with Crippen molar-refractivity contribution < 1.29 is 9.59 Å². The fraction of sp³-hybridized carbons (Fsp3) is 0.0870. The van der Waals surface area contributed by atoms with E-state index in [2.05, 4.69) is 15.6 Å². The minimum Gasteiger partial charge on any atom is -0.348 e. The first kappa shape index (κ1) is 18.4. The maximum Gasteiger partial charge on any atom is 0.255 e. The van der Waals surface area contributed by atoms with Gasteiger partial charge in [-0.2, -0.15) is 0 Å². The van der Waals surface area contributed by atoms with Gasteiger partial charge in [0.05, 0.1) is 17.4 Å². The molecule has 0 fully saturated rings. The zero-order valence-electron chi connectivity index (χ0n) is 15.9. The molecule has 0 aliphatic heterocycles. The highest BCUT2D eigenvalue weighted by atomic mass is 16.2.